The molecule has 0 aliphatic carbocycles. The lowest BCUT2D eigenvalue weighted by atomic mass is 10.0. The number of nitrogens with two attached hydrogens (primary N) is 1. The lowest BCUT2D eigenvalue weighted by Crippen LogP contribution is -2.22. The van der Waals surface area contributed by atoms with Crippen LogP contribution < -0.4 is 16.6 Å². The second-order valence-corrected chi connectivity index (χ2v) is 7.20. The van der Waals surface area contributed by atoms with Crippen molar-refractivity contribution in [1.29, 1.82) is 0 Å². The molecule has 27 heavy (non-hydrogen) atoms. The number of hydrogen-bond acceptors (Lipinski definition) is 5. The van der Waals surface area contributed by atoms with E-state index >= 15 is 0 Å². The third-order valence-corrected chi connectivity index (χ3v) is 5.21. The Labute approximate surface area is 166 Å². The predicted molar refractivity (Wildman–Crippen MR) is 114 cm³/mol. The summed E-state index contributed by atoms with van der Waals surface area (Å²) in [5.74, 6) is 0.717. The van der Waals surface area contributed by atoms with E-state index in [-0.39, 0.29) is 5.56 Å². The van der Waals surface area contributed by atoms with Gasteiger partial charge in [0, 0.05) is 59.1 Å². The monoisotopic (exact) mass is 430 g/mol. The number of fused-ring (bicyclic) bond motifs is 1. The van der Waals surface area contributed by atoms with E-state index in [1.54, 1.807) is 17.9 Å². The van der Waals surface area contributed by atoms with Crippen LogP contribution in [-0.4, -0.2) is 29.8 Å². The van der Waals surface area contributed by atoms with Crippen LogP contribution in [0.4, 0.5) is 11.5 Å². The van der Waals surface area contributed by atoms with Crippen molar-refractivity contribution in [1.82, 2.24) is 9.55 Å². The number of rotatable bonds is 6. The highest BCUT2D eigenvalue weighted by Crippen LogP contribution is 2.32. The molecule has 6 nitrogen and oxygen atoms in total. The summed E-state index contributed by atoms with van der Waals surface area (Å²) < 4.78 is 7.66. The van der Waals surface area contributed by atoms with Crippen molar-refractivity contribution in [2.24, 2.45) is 0 Å². The minimum absolute atomic E-state index is 0.0528. The molecule has 3 aromatic rings. The molecule has 0 saturated heterocycles. The van der Waals surface area contributed by atoms with Gasteiger partial charge in [0.1, 0.15) is 5.82 Å². The first-order valence-electron chi connectivity index (χ1n) is 8.78. The zero-order valence-corrected chi connectivity index (χ0v) is 17.3. The fourth-order valence-electron chi connectivity index (χ4n) is 3.05. The number of hydrogen-bond donors (Lipinski definition) is 2. The molecule has 0 saturated carbocycles. The number of nitrogen functional groups attached to an aromatic ring is 1. The molecule has 0 fully saturated rings. The number of nitrogens with one attached hydrogen (secondary N) is 1. The molecular weight excluding hydrogens is 408 g/mol. The summed E-state index contributed by atoms with van der Waals surface area (Å²) >= 11 is 3.57. The van der Waals surface area contributed by atoms with Crippen molar-refractivity contribution in [3.63, 3.8) is 0 Å². The first-order chi connectivity index (χ1) is 13.0. The lowest BCUT2D eigenvalue weighted by Gasteiger charge is -2.14. The maximum atomic E-state index is 13.2. The zero-order chi connectivity index (χ0) is 19.6. The Bertz CT molecular complexity index is 1050. The largest absolute Gasteiger partial charge is 0.398 e. The standard InChI is InChI=1S/C20H23BrN4O2/c1-4-25-18-10-19(23-5-6-27-3)24-11-13(18)8-15(20(25)26)14-9-17(22)12(2)7-16(14)21/h7-11H,4-6,22H2,1-3H3,(H,23,24). The topological polar surface area (TPSA) is 82.2 Å². The van der Waals surface area contributed by atoms with E-state index in [4.69, 9.17) is 10.5 Å². The van der Waals surface area contributed by atoms with Gasteiger partial charge in [0.15, 0.2) is 0 Å². The fraction of sp³-hybridized carbons (Fsp3) is 0.300. The number of ether oxygens (including phenoxy) is 1. The minimum atomic E-state index is -0.0528. The maximum absolute atomic E-state index is 13.2. The van der Waals surface area contributed by atoms with Crippen LogP contribution in [0.1, 0.15) is 12.5 Å². The molecule has 3 rings (SSSR count). The highest BCUT2D eigenvalue weighted by molar-refractivity contribution is 9.10. The summed E-state index contributed by atoms with van der Waals surface area (Å²) in [6.07, 6.45) is 1.78. The molecule has 3 N–H and O–H groups in total. The third kappa shape index (κ3) is 3.84. The van der Waals surface area contributed by atoms with Crippen LogP contribution in [0.25, 0.3) is 22.0 Å². The van der Waals surface area contributed by atoms with Crippen molar-refractivity contribution < 1.29 is 4.74 Å². The lowest BCUT2D eigenvalue weighted by molar-refractivity contribution is 0.210. The van der Waals surface area contributed by atoms with Gasteiger partial charge in [-0.1, -0.05) is 15.9 Å². The fourth-order valence-corrected chi connectivity index (χ4v) is 3.72. The molecule has 7 heteroatoms. The normalized spacial score (nSPS) is 11.1. The first-order valence-corrected chi connectivity index (χ1v) is 9.58. The Morgan fingerprint density at radius 3 is 2.74 bits per heavy atom. The van der Waals surface area contributed by atoms with Crippen LogP contribution in [-0.2, 0) is 11.3 Å². The molecule has 2 aromatic heterocycles. The van der Waals surface area contributed by atoms with Crippen LogP contribution in [0.5, 0.6) is 0 Å². The van der Waals surface area contributed by atoms with E-state index in [0.717, 1.165) is 32.3 Å². The molecule has 0 aliphatic heterocycles. The smallest absolute Gasteiger partial charge is 0.258 e. The van der Waals surface area contributed by atoms with Crippen LogP contribution in [0.15, 0.2) is 39.7 Å². The van der Waals surface area contributed by atoms with Gasteiger partial charge in [0.2, 0.25) is 0 Å². The van der Waals surface area contributed by atoms with Crippen molar-refractivity contribution in [2.45, 2.75) is 20.4 Å². The van der Waals surface area contributed by atoms with Gasteiger partial charge in [-0.25, -0.2) is 4.98 Å². The van der Waals surface area contributed by atoms with E-state index < -0.39 is 0 Å². The Kier molecular flexibility index (Phi) is 5.82. The van der Waals surface area contributed by atoms with Crippen molar-refractivity contribution in [3.8, 4) is 11.1 Å². The van der Waals surface area contributed by atoms with Crippen molar-refractivity contribution in [2.75, 3.05) is 31.3 Å². The molecule has 1 aromatic carbocycles. The van der Waals surface area contributed by atoms with E-state index in [1.807, 2.05) is 38.1 Å². The molecule has 0 amide bonds. The average molecular weight is 431 g/mol. The molecular formula is C20H23BrN4O2. The Morgan fingerprint density at radius 1 is 1.26 bits per heavy atom. The van der Waals surface area contributed by atoms with Gasteiger partial charge in [0.05, 0.1) is 12.1 Å². The summed E-state index contributed by atoms with van der Waals surface area (Å²) in [7, 11) is 1.65. The molecule has 0 aliphatic rings. The molecule has 0 unspecified atom stereocenters. The Morgan fingerprint density at radius 2 is 2.04 bits per heavy atom. The molecule has 0 radical (unpaired) electrons. The van der Waals surface area contributed by atoms with E-state index in [1.165, 1.54) is 0 Å². The highest BCUT2D eigenvalue weighted by Gasteiger charge is 2.15. The van der Waals surface area contributed by atoms with Gasteiger partial charge in [0.25, 0.3) is 5.56 Å². The second-order valence-electron chi connectivity index (χ2n) is 6.34. The second kappa shape index (κ2) is 8.10. The SMILES string of the molecule is CCn1c(=O)c(-c2cc(N)c(C)cc2Br)cc2cnc(NCCOC)cc21. The Balaban J connectivity index is 2.17. The summed E-state index contributed by atoms with van der Waals surface area (Å²) in [5.41, 5.74) is 9.88. The van der Waals surface area contributed by atoms with E-state index in [2.05, 4.69) is 26.2 Å². The Hall–Kier alpha value is -2.38. The van der Waals surface area contributed by atoms with Crippen LogP contribution in [0, 0.1) is 6.92 Å². The highest BCUT2D eigenvalue weighted by atomic mass is 79.9. The number of anilines is 2. The molecule has 2 heterocycles. The summed E-state index contributed by atoms with van der Waals surface area (Å²) in [4.78, 5) is 17.6. The number of aromatic nitrogens is 2. The van der Waals surface area contributed by atoms with Gasteiger partial charge >= 0.3 is 0 Å². The first kappa shape index (κ1) is 19.4. The summed E-state index contributed by atoms with van der Waals surface area (Å²) in [6, 6.07) is 7.56. The quantitative estimate of drug-likeness (QED) is 0.459. The number of methoxy groups -OCH3 is 1. The van der Waals surface area contributed by atoms with E-state index in [9.17, 15) is 4.79 Å². The van der Waals surface area contributed by atoms with Gasteiger partial charge in [-0.3, -0.25) is 4.79 Å². The van der Waals surface area contributed by atoms with Gasteiger partial charge in [-0.05, 0) is 37.6 Å². The predicted octanol–water partition coefficient (Wildman–Crippen LogP) is 3.79. The van der Waals surface area contributed by atoms with Crippen LogP contribution >= 0.6 is 15.9 Å². The summed E-state index contributed by atoms with van der Waals surface area (Å²) in [6.45, 7) is 5.70. The average Bonchev–Trinajstić information content (AvgIpc) is 2.65. The van der Waals surface area contributed by atoms with Crippen molar-refractivity contribution >= 4 is 38.3 Å². The van der Waals surface area contributed by atoms with Gasteiger partial charge < -0.3 is 20.4 Å². The van der Waals surface area contributed by atoms with Crippen molar-refractivity contribution in [3.05, 3.63) is 50.9 Å². The zero-order valence-electron chi connectivity index (χ0n) is 15.7. The molecule has 0 spiro atoms. The molecule has 0 bridgehead atoms. The minimum Gasteiger partial charge on any atom is -0.398 e. The van der Waals surface area contributed by atoms with Crippen LogP contribution in [0.3, 0.4) is 0 Å². The number of aryl methyl sites for hydroxylation is 2. The molecule has 142 valence electrons. The maximum Gasteiger partial charge on any atom is 0.258 e. The molecule has 0 atom stereocenters. The van der Waals surface area contributed by atoms with Gasteiger partial charge in [-0.15, -0.1) is 0 Å². The van der Waals surface area contributed by atoms with E-state index in [0.29, 0.717) is 30.9 Å². The third-order valence-electron chi connectivity index (χ3n) is 4.55. The van der Waals surface area contributed by atoms with Crippen LogP contribution in [0.2, 0.25) is 0 Å². The number of benzene rings is 1. The summed E-state index contributed by atoms with van der Waals surface area (Å²) in [5, 5.41) is 4.10. The number of nitrogens with zero attached hydrogens (tertiary/aromatic N) is 2. The number of pyridine rings is 2. The van der Waals surface area contributed by atoms with Gasteiger partial charge in [-0.2, -0.15) is 0 Å². The number of halogens is 1.